The zero-order valence-electron chi connectivity index (χ0n) is 15.8. The molecule has 7 nitrogen and oxygen atoms in total. The minimum absolute atomic E-state index is 0.0957. The fraction of sp³-hybridized carbons (Fsp3) is 0.143. The van der Waals surface area contributed by atoms with Gasteiger partial charge in [-0.3, -0.25) is 0 Å². The maximum atomic E-state index is 14.7. The Morgan fingerprint density at radius 1 is 1.17 bits per heavy atom. The van der Waals surface area contributed by atoms with E-state index in [9.17, 15) is 4.39 Å². The molecule has 2 aromatic heterocycles. The molecular weight excluding hydrogens is 373 g/mol. The maximum absolute atomic E-state index is 14.7. The number of fused-ring (bicyclic) bond motifs is 1. The van der Waals surface area contributed by atoms with Crippen LogP contribution >= 0.6 is 0 Å². The Morgan fingerprint density at radius 2 is 2.07 bits per heavy atom. The normalized spacial score (nSPS) is 10.9. The second kappa shape index (κ2) is 8.15. The van der Waals surface area contributed by atoms with Crippen molar-refractivity contribution in [3.8, 4) is 17.4 Å². The van der Waals surface area contributed by atoms with Crippen LogP contribution in [0.2, 0.25) is 0 Å². The molecule has 8 heteroatoms. The fourth-order valence-electron chi connectivity index (χ4n) is 2.91. The van der Waals surface area contributed by atoms with Crippen molar-refractivity contribution < 1.29 is 13.9 Å². The highest BCUT2D eigenvalue weighted by molar-refractivity contribution is 5.82. The molecular formula is C21H20FN5O2. The van der Waals surface area contributed by atoms with E-state index >= 15 is 0 Å². The van der Waals surface area contributed by atoms with E-state index in [1.54, 1.807) is 24.3 Å². The van der Waals surface area contributed by atoms with Crippen molar-refractivity contribution in [1.29, 1.82) is 0 Å². The molecule has 4 aromatic rings. The predicted octanol–water partition coefficient (Wildman–Crippen LogP) is 4.28. The van der Waals surface area contributed by atoms with Gasteiger partial charge in [0.05, 0.1) is 0 Å². The van der Waals surface area contributed by atoms with Gasteiger partial charge in [0.2, 0.25) is 11.8 Å². The number of nitrogens with two attached hydrogens (primary N) is 1. The summed E-state index contributed by atoms with van der Waals surface area (Å²) in [5, 5.41) is 3.56. The summed E-state index contributed by atoms with van der Waals surface area (Å²) >= 11 is 0. The van der Waals surface area contributed by atoms with Crippen LogP contribution in [0, 0.1) is 12.7 Å². The summed E-state index contributed by atoms with van der Waals surface area (Å²) in [5.41, 5.74) is 7.79. The first-order chi connectivity index (χ1) is 14.1. The molecule has 0 radical (unpaired) electrons. The molecule has 2 heterocycles. The summed E-state index contributed by atoms with van der Waals surface area (Å²) in [5.74, 6) is 0.883. The molecule has 148 valence electrons. The molecule has 0 unspecified atom stereocenters. The molecule has 0 bridgehead atoms. The van der Waals surface area contributed by atoms with Crippen molar-refractivity contribution >= 4 is 22.5 Å². The zero-order chi connectivity index (χ0) is 20.2. The van der Waals surface area contributed by atoms with E-state index in [1.807, 2.05) is 31.2 Å². The lowest BCUT2D eigenvalue weighted by Crippen LogP contribution is -2.10. The summed E-state index contributed by atoms with van der Waals surface area (Å²) < 4.78 is 25.9. The number of aromatic amines is 1. The lowest BCUT2D eigenvalue weighted by molar-refractivity contribution is 0.328. The minimum Gasteiger partial charge on any atom is -0.492 e. The smallest absolute Gasteiger partial charge is 0.230 e. The van der Waals surface area contributed by atoms with Crippen molar-refractivity contribution in [2.75, 3.05) is 18.5 Å². The zero-order valence-corrected chi connectivity index (χ0v) is 15.8. The molecule has 0 spiro atoms. The Hall–Kier alpha value is -3.65. The van der Waals surface area contributed by atoms with Gasteiger partial charge in [-0.1, -0.05) is 6.07 Å². The Labute approximate surface area is 166 Å². The van der Waals surface area contributed by atoms with Crippen LogP contribution < -0.4 is 20.5 Å². The Morgan fingerprint density at radius 3 is 2.93 bits per heavy atom. The quantitative estimate of drug-likeness (QED) is 0.434. The van der Waals surface area contributed by atoms with Gasteiger partial charge in [-0.15, -0.1) is 0 Å². The van der Waals surface area contributed by atoms with Crippen molar-refractivity contribution in [2.45, 2.75) is 6.92 Å². The molecule has 0 amide bonds. The van der Waals surface area contributed by atoms with Crippen molar-refractivity contribution in [1.82, 2.24) is 15.0 Å². The summed E-state index contributed by atoms with van der Waals surface area (Å²) in [6.07, 6.45) is 1.54. The Kier molecular flexibility index (Phi) is 5.26. The van der Waals surface area contributed by atoms with Gasteiger partial charge in [0.15, 0.2) is 11.6 Å². The molecule has 4 rings (SSSR count). The summed E-state index contributed by atoms with van der Waals surface area (Å²) in [4.78, 5) is 11.6. The number of halogens is 1. The van der Waals surface area contributed by atoms with E-state index < -0.39 is 5.82 Å². The number of nitrogens with one attached hydrogen (secondary N) is 2. The number of anilines is 2. The van der Waals surface area contributed by atoms with E-state index in [1.165, 1.54) is 6.20 Å². The van der Waals surface area contributed by atoms with Crippen LogP contribution in [0.5, 0.6) is 17.4 Å². The standard InChI is InChI=1S/C21H20FN5O2/c1-13-11-16-17(25-13)5-6-18(20(16)22)29-19-7-9-24-21(27-19)26-14-3-2-4-15(12-14)28-10-8-23/h2-7,9,11-12,25H,8,10,23H2,1H3,(H,24,26,27). The molecule has 0 saturated heterocycles. The fourth-order valence-corrected chi connectivity index (χ4v) is 2.91. The predicted molar refractivity (Wildman–Crippen MR) is 109 cm³/mol. The van der Waals surface area contributed by atoms with Gasteiger partial charge in [0.1, 0.15) is 12.4 Å². The van der Waals surface area contributed by atoms with Gasteiger partial charge in [-0.25, -0.2) is 9.37 Å². The molecule has 29 heavy (non-hydrogen) atoms. The van der Waals surface area contributed by atoms with Gasteiger partial charge in [-0.2, -0.15) is 4.98 Å². The van der Waals surface area contributed by atoms with Crippen molar-refractivity contribution in [3.63, 3.8) is 0 Å². The highest BCUT2D eigenvalue weighted by atomic mass is 19.1. The van der Waals surface area contributed by atoms with E-state index in [0.29, 0.717) is 35.8 Å². The number of hydrogen-bond donors (Lipinski definition) is 3. The number of ether oxygens (including phenoxy) is 2. The molecule has 0 fully saturated rings. The third-order valence-corrected chi connectivity index (χ3v) is 4.16. The van der Waals surface area contributed by atoms with E-state index in [2.05, 4.69) is 20.3 Å². The highest BCUT2D eigenvalue weighted by Crippen LogP contribution is 2.30. The van der Waals surface area contributed by atoms with Crippen LogP contribution in [-0.4, -0.2) is 28.1 Å². The molecule has 0 aliphatic rings. The van der Waals surface area contributed by atoms with Crippen molar-refractivity contribution in [2.24, 2.45) is 5.73 Å². The molecule has 0 atom stereocenters. The third-order valence-electron chi connectivity index (χ3n) is 4.16. The average molecular weight is 393 g/mol. The summed E-state index contributed by atoms with van der Waals surface area (Å²) in [6, 6.07) is 14.0. The minimum atomic E-state index is -0.440. The van der Waals surface area contributed by atoms with Crippen LogP contribution in [0.25, 0.3) is 10.9 Å². The SMILES string of the molecule is Cc1cc2c(F)c(Oc3ccnc(Nc4cccc(OCCN)c4)n3)ccc2[nH]1. The molecule has 0 aliphatic carbocycles. The number of rotatable bonds is 7. The first-order valence-corrected chi connectivity index (χ1v) is 9.11. The van der Waals surface area contributed by atoms with E-state index in [4.69, 9.17) is 15.2 Å². The summed E-state index contributed by atoms with van der Waals surface area (Å²) in [7, 11) is 0. The van der Waals surface area contributed by atoms with Crippen LogP contribution in [0.4, 0.5) is 16.0 Å². The molecule has 0 saturated carbocycles. The van der Waals surface area contributed by atoms with Gasteiger partial charge in [0.25, 0.3) is 0 Å². The molecule has 0 aliphatic heterocycles. The number of aryl methyl sites for hydroxylation is 1. The first kappa shape index (κ1) is 18.7. The van der Waals surface area contributed by atoms with E-state index in [0.717, 1.165) is 11.4 Å². The van der Waals surface area contributed by atoms with Gasteiger partial charge in [0, 0.05) is 47.2 Å². The second-order valence-corrected chi connectivity index (χ2v) is 6.40. The lowest BCUT2D eigenvalue weighted by Gasteiger charge is -2.10. The van der Waals surface area contributed by atoms with Gasteiger partial charge in [-0.05, 0) is 37.3 Å². The van der Waals surface area contributed by atoms with Crippen LogP contribution in [0.1, 0.15) is 5.69 Å². The Bertz CT molecular complexity index is 1150. The van der Waals surface area contributed by atoms with Gasteiger partial charge < -0.3 is 25.5 Å². The van der Waals surface area contributed by atoms with Gasteiger partial charge >= 0.3 is 0 Å². The van der Waals surface area contributed by atoms with Crippen LogP contribution in [0.3, 0.4) is 0 Å². The van der Waals surface area contributed by atoms with Crippen molar-refractivity contribution in [3.05, 3.63) is 66.2 Å². The third kappa shape index (κ3) is 4.27. The number of benzene rings is 2. The number of hydrogen-bond acceptors (Lipinski definition) is 6. The molecule has 4 N–H and O–H groups in total. The average Bonchev–Trinajstić information content (AvgIpc) is 3.10. The number of aromatic nitrogens is 3. The number of H-pyrrole nitrogens is 1. The summed E-state index contributed by atoms with van der Waals surface area (Å²) in [6.45, 7) is 2.74. The van der Waals surface area contributed by atoms with E-state index in [-0.39, 0.29) is 11.6 Å². The molecule has 2 aromatic carbocycles. The Balaban J connectivity index is 1.53. The topological polar surface area (TPSA) is 98.1 Å². The first-order valence-electron chi connectivity index (χ1n) is 9.11. The second-order valence-electron chi connectivity index (χ2n) is 6.40. The number of nitrogens with zero attached hydrogens (tertiary/aromatic N) is 2. The monoisotopic (exact) mass is 393 g/mol. The van der Waals surface area contributed by atoms with Crippen LogP contribution in [0.15, 0.2) is 54.7 Å². The largest absolute Gasteiger partial charge is 0.492 e. The maximum Gasteiger partial charge on any atom is 0.230 e. The lowest BCUT2D eigenvalue weighted by atomic mass is 10.2. The highest BCUT2D eigenvalue weighted by Gasteiger charge is 2.12. The van der Waals surface area contributed by atoms with Crippen LogP contribution in [-0.2, 0) is 0 Å².